The topological polar surface area (TPSA) is 20.5 Å². The molecule has 0 aromatic carbocycles. The number of hydrogen-bond donors (Lipinski definition) is 0. The van der Waals surface area contributed by atoms with Crippen LogP contribution >= 0.6 is 11.6 Å². The van der Waals surface area contributed by atoms with Crippen molar-refractivity contribution in [2.45, 2.75) is 39.2 Å². The van der Waals surface area contributed by atoms with Gasteiger partial charge in [0.1, 0.15) is 5.82 Å². The molecule has 2 aromatic rings. The van der Waals surface area contributed by atoms with Crippen LogP contribution in [0.15, 0.2) is 24.5 Å². The van der Waals surface area contributed by atoms with Crippen molar-refractivity contribution in [1.29, 1.82) is 0 Å². The van der Waals surface area contributed by atoms with Crippen molar-refractivity contribution in [3.63, 3.8) is 0 Å². The summed E-state index contributed by atoms with van der Waals surface area (Å²) < 4.78 is 2.14. The Kier molecular flexibility index (Phi) is 3.99. The van der Waals surface area contributed by atoms with Gasteiger partial charge in [-0.05, 0) is 57.8 Å². The highest BCUT2D eigenvalue weighted by Crippen LogP contribution is 2.24. The van der Waals surface area contributed by atoms with Gasteiger partial charge in [-0.25, -0.2) is 4.98 Å². The number of imidazole rings is 1. The molecule has 0 bridgehead atoms. The van der Waals surface area contributed by atoms with E-state index in [1.807, 2.05) is 18.3 Å². The number of likely N-dealkylation sites (tertiary alicyclic amines) is 1. The van der Waals surface area contributed by atoms with Crippen molar-refractivity contribution in [1.82, 2.24) is 14.3 Å². The van der Waals surface area contributed by atoms with E-state index in [0.717, 1.165) is 28.7 Å². The van der Waals surface area contributed by atoms with Gasteiger partial charge in [-0.15, -0.1) is 0 Å². The quantitative estimate of drug-likeness (QED) is 0.860. The van der Waals surface area contributed by atoms with Crippen molar-refractivity contribution in [2.24, 2.45) is 5.92 Å². The molecular weight excluding hydrogens is 270 g/mol. The first-order valence-electron chi connectivity index (χ1n) is 7.49. The molecule has 1 aliphatic rings. The fourth-order valence-electron chi connectivity index (χ4n) is 3.12. The maximum absolute atomic E-state index is 6.20. The molecule has 4 heteroatoms. The highest BCUT2D eigenvalue weighted by molar-refractivity contribution is 6.33. The molecule has 0 atom stereocenters. The first-order chi connectivity index (χ1) is 9.65. The van der Waals surface area contributed by atoms with E-state index >= 15 is 0 Å². The third kappa shape index (κ3) is 2.70. The lowest BCUT2D eigenvalue weighted by atomic mass is 9.92. The van der Waals surface area contributed by atoms with Crippen LogP contribution < -0.4 is 0 Å². The van der Waals surface area contributed by atoms with E-state index in [-0.39, 0.29) is 0 Å². The second-order valence-corrected chi connectivity index (χ2v) is 6.47. The Hall–Kier alpha value is -1.06. The zero-order chi connectivity index (χ0) is 14.1. The molecule has 3 rings (SSSR count). The van der Waals surface area contributed by atoms with E-state index in [1.165, 1.54) is 25.9 Å². The Bertz CT molecular complexity index is 582. The number of rotatable bonds is 3. The molecular formula is C16H22ClN3. The van der Waals surface area contributed by atoms with Gasteiger partial charge in [0, 0.05) is 18.7 Å². The Morgan fingerprint density at radius 2 is 2.10 bits per heavy atom. The van der Waals surface area contributed by atoms with E-state index in [1.54, 1.807) is 0 Å². The van der Waals surface area contributed by atoms with Crippen molar-refractivity contribution in [3.8, 4) is 0 Å². The van der Waals surface area contributed by atoms with Gasteiger partial charge in [-0.1, -0.05) is 11.6 Å². The number of piperidine rings is 1. The second kappa shape index (κ2) is 5.74. The molecule has 0 aliphatic carbocycles. The van der Waals surface area contributed by atoms with Crippen LogP contribution in [-0.2, 0) is 6.42 Å². The van der Waals surface area contributed by atoms with Crippen LogP contribution in [-0.4, -0.2) is 33.4 Å². The van der Waals surface area contributed by atoms with Gasteiger partial charge in [-0.3, -0.25) is 0 Å². The van der Waals surface area contributed by atoms with Crippen LogP contribution in [0, 0.1) is 5.92 Å². The van der Waals surface area contributed by atoms with E-state index in [4.69, 9.17) is 11.6 Å². The minimum Gasteiger partial charge on any atom is -0.302 e. The largest absolute Gasteiger partial charge is 0.302 e. The molecule has 0 unspecified atom stereocenters. The smallest absolute Gasteiger partial charge is 0.113 e. The summed E-state index contributed by atoms with van der Waals surface area (Å²) >= 11 is 6.20. The predicted molar refractivity (Wildman–Crippen MR) is 83.3 cm³/mol. The van der Waals surface area contributed by atoms with Gasteiger partial charge in [0.05, 0.1) is 16.7 Å². The standard InChI is InChI=1S/C16H22ClN3/c1-12(2)19-8-5-13(6-9-19)10-16-18-11-15-14(17)4-3-7-20(15)16/h3-4,7,11-13H,5-6,8-10H2,1-2H3. The zero-order valence-electron chi connectivity index (χ0n) is 12.2. The molecule has 2 aromatic heterocycles. The predicted octanol–water partition coefficient (Wildman–Crippen LogP) is 3.65. The lowest BCUT2D eigenvalue weighted by Gasteiger charge is -2.34. The monoisotopic (exact) mass is 291 g/mol. The van der Waals surface area contributed by atoms with Gasteiger partial charge in [0.2, 0.25) is 0 Å². The summed E-state index contributed by atoms with van der Waals surface area (Å²) in [5.74, 6) is 1.89. The molecule has 20 heavy (non-hydrogen) atoms. The third-order valence-electron chi connectivity index (χ3n) is 4.45. The molecule has 0 radical (unpaired) electrons. The number of hydrogen-bond acceptors (Lipinski definition) is 2. The van der Waals surface area contributed by atoms with Crippen LogP contribution in [0.25, 0.3) is 5.52 Å². The lowest BCUT2D eigenvalue weighted by molar-refractivity contribution is 0.148. The highest BCUT2D eigenvalue weighted by atomic mass is 35.5. The summed E-state index contributed by atoms with van der Waals surface area (Å²) in [6.07, 6.45) is 7.55. The minimum absolute atomic E-state index is 0.669. The first kappa shape index (κ1) is 13.9. The molecule has 3 nitrogen and oxygen atoms in total. The fraction of sp³-hybridized carbons (Fsp3) is 0.562. The molecule has 0 N–H and O–H groups in total. The van der Waals surface area contributed by atoms with Crippen molar-refractivity contribution < 1.29 is 0 Å². The van der Waals surface area contributed by atoms with E-state index < -0.39 is 0 Å². The summed E-state index contributed by atoms with van der Waals surface area (Å²) in [5.41, 5.74) is 1.02. The normalized spacial score (nSPS) is 18.2. The average Bonchev–Trinajstić information content (AvgIpc) is 2.84. The summed E-state index contributed by atoms with van der Waals surface area (Å²) in [5, 5.41) is 0.779. The van der Waals surface area contributed by atoms with Crippen LogP contribution in [0.3, 0.4) is 0 Å². The summed E-state index contributed by atoms with van der Waals surface area (Å²) in [4.78, 5) is 7.14. The molecule has 0 spiro atoms. The third-order valence-corrected chi connectivity index (χ3v) is 4.77. The van der Waals surface area contributed by atoms with Crippen LogP contribution in [0.4, 0.5) is 0 Å². The number of aromatic nitrogens is 2. The molecule has 1 saturated heterocycles. The lowest BCUT2D eigenvalue weighted by Crippen LogP contribution is -2.38. The number of pyridine rings is 1. The number of nitrogens with zero attached hydrogens (tertiary/aromatic N) is 3. The van der Waals surface area contributed by atoms with E-state index in [2.05, 4.69) is 34.3 Å². The SMILES string of the molecule is CC(C)N1CCC(Cc2ncc3c(Cl)cccn23)CC1. The number of fused-ring (bicyclic) bond motifs is 1. The Balaban J connectivity index is 1.70. The van der Waals surface area contributed by atoms with Crippen LogP contribution in [0.2, 0.25) is 5.02 Å². The minimum atomic E-state index is 0.669. The maximum Gasteiger partial charge on any atom is 0.113 e. The number of halogens is 1. The Morgan fingerprint density at radius 3 is 2.80 bits per heavy atom. The van der Waals surface area contributed by atoms with Gasteiger partial charge < -0.3 is 9.30 Å². The summed E-state index contributed by atoms with van der Waals surface area (Å²) in [6.45, 7) is 6.99. The van der Waals surface area contributed by atoms with Crippen molar-refractivity contribution in [3.05, 3.63) is 35.4 Å². The molecule has 3 heterocycles. The Morgan fingerprint density at radius 1 is 1.35 bits per heavy atom. The first-order valence-corrected chi connectivity index (χ1v) is 7.87. The summed E-state index contributed by atoms with van der Waals surface area (Å²) in [6, 6.07) is 4.58. The van der Waals surface area contributed by atoms with Crippen LogP contribution in [0.5, 0.6) is 0 Å². The maximum atomic E-state index is 6.20. The van der Waals surface area contributed by atoms with Crippen LogP contribution in [0.1, 0.15) is 32.5 Å². The molecule has 0 saturated carbocycles. The molecule has 0 amide bonds. The highest BCUT2D eigenvalue weighted by Gasteiger charge is 2.22. The molecule has 1 fully saturated rings. The van der Waals surface area contributed by atoms with Crippen molar-refractivity contribution >= 4 is 17.1 Å². The molecule has 108 valence electrons. The van der Waals surface area contributed by atoms with Gasteiger partial charge >= 0.3 is 0 Å². The summed E-state index contributed by atoms with van der Waals surface area (Å²) in [7, 11) is 0. The average molecular weight is 292 g/mol. The van der Waals surface area contributed by atoms with Crippen molar-refractivity contribution in [2.75, 3.05) is 13.1 Å². The molecule has 1 aliphatic heterocycles. The van der Waals surface area contributed by atoms with Gasteiger partial charge in [0.15, 0.2) is 0 Å². The van der Waals surface area contributed by atoms with Gasteiger partial charge in [-0.2, -0.15) is 0 Å². The van der Waals surface area contributed by atoms with E-state index in [0.29, 0.717) is 6.04 Å². The van der Waals surface area contributed by atoms with E-state index in [9.17, 15) is 0 Å². The van der Waals surface area contributed by atoms with Gasteiger partial charge in [0.25, 0.3) is 0 Å². The Labute approximate surface area is 125 Å². The second-order valence-electron chi connectivity index (χ2n) is 6.06. The fourth-order valence-corrected chi connectivity index (χ4v) is 3.34. The zero-order valence-corrected chi connectivity index (χ0v) is 13.0.